The summed E-state index contributed by atoms with van der Waals surface area (Å²) in [7, 11) is 0. The van der Waals surface area contributed by atoms with Gasteiger partial charge in [0, 0.05) is 17.4 Å². The fourth-order valence-corrected chi connectivity index (χ4v) is 2.75. The van der Waals surface area contributed by atoms with Gasteiger partial charge >= 0.3 is 0 Å². The maximum Gasteiger partial charge on any atom is 0.239 e. The molecular formula is C12H12N2O3S. The number of carbonyl (C=O) groups excluding carboxylic acids is 1. The Morgan fingerprint density at radius 3 is 3.06 bits per heavy atom. The molecule has 2 aromatic heterocycles. The lowest BCUT2D eigenvalue weighted by Crippen LogP contribution is -2.25. The minimum Gasteiger partial charge on any atom is -0.380 e. The van der Waals surface area contributed by atoms with Gasteiger partial charge in [0.1, 0.15) is 11.7 Å². The zero-order valence-electron chi connectivity index (χ0n) is 9.88. The van der Waals surface area contributed by atoms with E-state index in [1.165, 1.54) is 0 Å². The molecule has 0 N–H and O–H groups in total. The number of rotatable bonds is 2. The van der Waals surface area contributed by atoms with E-state index in [2.05, 4.69) is 10.1 Å². The molecule has 1 saturated heterocycles. The fourth-order valence-electron chi connectivity index (χ4n) is 1.93. The maximum absolute atomic E-state index is 11.8. The first kappa shape index (κ1) is 11.6. The van der Waals surface area contributed by atoms with Gasteiger partial charge in [-0.15, -0.1) is 0 Å². The van der Waals surface area contributed by atoms with E-state index in [9.17, 15) is 4.79 Å². The molecule has 5 nitrogen and oxygen atoms in total. The number of ketones is 1. The summed E-state index contributed by atoms with van der Waals surface area (Å²) in [6, 6.07) is 0. The second kappa shape index (κ2) is 4.62. The Kier molecular flexibility index (Phi) is 2.97. The van der Waals surface area contributed by atoms with Crippen LogP contribution in [-0.2, 0) is 9.53 Å². The number of nitrogens with zero attached hydrogens (tertiary/aromatic N) is 2. The van der Waals surface area contributed by atoms with Crippen molar-refractivity contribution in [2.24, 2.45) is 0 Å². The molecule has 0 radical (unpaired) electrons. The number of thiophene rings is 1. The van der Waals surface area contributed by atoms with Crippen molar-refractivity contribution in [3.8, 4) is 11.4 Å². The zero-order chi connectivity index (χ0) is 12.5. The molecular weight excluding hydrogens is 252 g/mol. The van der Waals surface area contributed by atoms with Gasteiger partial charge in [0.05, 0.1) is 13.2 Å². The van der Waals surface area contributed by atoms with Gasteiger partial charge in [-0.25, -0.2) is 0 Å². The van der Waals surface area contributed by atoms with Crippen LogP contribution >= 0.6 is 11.3 Å². The Hall–Kier alpha value is -1.53. The van der Waals surface area contributed by atoms with Crippen LogP contribution in [0.25, 0.3) is 11.4 Å². The molecule has 6 heteroatoms. The number of ether oxygens (including phenoxy) is 1. The summed E-state index contributed by atoms with van der Waals surface area (Å²) in [5, 5.41) is 7.95. The third-order valence-electron chi connectivity index (χ3n) is 3.00. The Labute approximate surface area is 108 Å². The van der Waals surface area contributed by atoms with Gasteiger partial charge < -0.3 is 9.26 Å². The van der Waals surface area contributed by atoms with Gasteiger partial charge in [0.25, 0.3) is 0 Å². The Balaban J connectivity index is 1.89. The highest BCUT2D eigenvalue weighted by atomic mass is 32.1. The SMILES string of the molecule is Cc1cscc1-c1noc(C2COCCC2=O)n1. The molecule has 1 atom stereocenters. The lowest BCUT2D eigenvalue weighted by molar-refractivity contribution is -0.127. The van der Waals surface area contributed by atoms with Crippen molar-refractivity contribution < 1.29 is 14.1 Å². The Morgan fingerprint density at radius 2 is 2.33 bits per heavy atom. The molecule has 0 spiro atoms. The normalized spacial score (nSPS) is 20.3. The van der Waals surface area contributed by atoms with Gasteiger partial charge in [0.2, 0.25) is 11.7 Å². The van der Waals surface area contributed by atoms with E-state index < -0.39 is 5.92 Å². The van der Waals surface area contributed by atoms with E-state index in [4.69, 9.17) is 9.26 Å². The van der Waals surface area contributed by atoms with Crippen LogP contribution in [0, 0.1) is 6.92 Å². The number of carbonyl (C=O) groups is 1. The molecule has 94 valence electrons. The van der Waals surface area contributed by atoms with Gasteiger partial charge in [0.15, 0.2) is 0 Å². The lowest BCUT2D eigenvalue weighted by Gasteiger charge is -2.16. The van der Waals surface area contributed by atoms with Crippen LogP contribution in [0.3, 0.4) is 0 Å². The second-order valence-electron chi connectivity index (χ2n) is 4.27. The highest BCUT2D eigenvalue weighted by Gasteiger charge is 2.30. The smallest absolute Gasteiger partial charge is 0.239 e. The topological polar surface area (TPSA) is 65.2 Å². The first-order chi connectivity index (χ1) is 8.75. The standard InChI is InChI=1S/C12H12N2O3S/c1-7-5-18-6-9(7)11-13-12(17-14-11)8-4-16-3-2-10(8)15/h5-6,8H,2-4H2,1H3. The predicted octanol–water partition coefficient (Wildman–Crippen LogP) is 2.18. The van der Waals surface area contributed by atoms with Gasteiger partial charge in [-0.2, -0.15) is 16.3 Å². The van der Waals surface area contributed by atoms with Crippen molar-refractivity contribution in [2.45, 2.75) is 19.3 Å². The summed E-state index contributed by atoms with van der Waals surface area (Å²) in [6.07, 6.45) is 0.417. The van der Waals surface area contributed by atoms with Crippen molar-refractivity contribution in [1.82, 2.24) is 10.1 Å². The van der Waals surface area contributed by atoms with Crippen LogP contribution in [0.15, 0.2) is 15.3 Å². The first-order valence-electron chi connectivity index (χ1n) is 5.73. The molecule has 1 fully saturated rings. The average Bonchev–Trinajstić information content (AvgIpc) is 2.98. The van der Waals surface area contributed by atoms with Crippen LogP contribution in [0.2, 0.25) is 0 Å². The minimum atomic E-state index is -0.404. The lowest BCUT2D eigenvalue weighted by atomic mass is 10.0. The number of hydrogen-bond donors (Lipinski definition) is 0. The van der Waals surface area contributed by atoms with E-state index in [-0.39, 0.29) is 5.78 Å². The quantitative estimate of drug-likeness (QED) is 0.831. The van der Waals surface area contributed by atoms with Gasteiger partial charge in [-0.1, -0.05) is 5.16 Å². The van der Waals surface area contributed by atoms with Crippen LogP contribution in [0.1, 0.15) is 23.8 Å². The summed E-state index contributed by atoms with van der Waals surface area (Å²) in [4.78, 5) is 16.1. The third kappa shape index (κ3) is 1.97. The van der Waals surface area contributed by atoms with E-state index in [0.29, 0.717) is 31.3 Å². The first-order valence-corrected chi connectivity index (χ1v) is 6.67. The molecule has 0 aliphatic carbocycles. The molecule has 3 rings (SSSR count). The summed E-state index contributed by atoms with van der Waals surface area (Å²) in [5.41, 5.74) is 2.07. The zero-order valence-corrected chi connectivity index (χ0v) is 10.7. The van der Waals surface area contributed by atoms with Crippen LogP contribution in [-0.4, -0.2) is 29.1 Å². The monoisotopic (exact) mass is 264 g/mol. The maximum atomic E-state index is 11.8. The van der Waals surface area contributed by atoms with Crippen molar-refractivity contribution in [1.29, 1.82) is 0 Å². The van der Waals surface area contributed by atoms with Crippen LogP contribution < -0.4 is 0 Å². The summed E-state index contributed by atoms with van der Waals surface area (Å²) < 4.78 is 10.5. The molecule has 0 bridgehead atoms. The largest absolute Gasteiger partial charge is 0.380 e. The second-order valence-corrected chi connectivity index (χ2v) is 5.01. The van der Waals surface area contributed by atoms with Gasteiger partial charge in [-0.05, 0) is 17.9 Å². The van der Waals surface area contributed by atoms with Crippen molar-refractivity contribution in [3.63, 3.8) is 0 Å². The highest BCUT2D eigenvalue weighted by molar-refractivity contribution is 7.08. The van der Waals surface area contributed by atoms with Crippen LogP contribution in [0.4, 0.5) is 0 Å². The molecule has 18 heavy (non-hydrogen) atoms. The highest BCUT2D eigenvalue weighted by Crippen LogP contribution is 2.27. The summed E-state index contributed by atoms with van der Waals surface area (Å²) in [6.45, 7) is 2.82. The molecule has 0 amide bonds. The molecule has 2 aromatic rings. The van der Waals surface area contributed by atoms with Crippen molar-refractivity contribution >= 4 is 17.1 Å². The van der Waals surface area contributed by atoms with Crippen molar-refractivity contribution in [2.75, 3.05) is 13.2 Å². The molecule has 1 aliphatic rings. The summed E-state index contributed by atoms with van der Waals surface area (Å²) >= 11 is 1.59. The summed E-state index contributed by atoms with van der Waals surface area (Å²) in [5.74, 6) is 0.611. The Morgan fingerprint density at radius 1 is 1.44 bits per heavy atom. The van der Waals surface area contributed by atoms with E-state index in [1.54, 1.807) is 11.3 Å². The molecule has 0 saturated carbocycles. The van der Waals surface area contributed by atoms with Crippen molar-refractivity contribution in [3.05, 3.63) is 22.2 Å². The third-order valence-corrected chi connectivity index (χ3v) is 3.86. The number of Topliss-reactive ketones (excluding diaryl/α,β-unsaturated/α-hetero) is 1. The number of hydrogen-bond acceptors (Lipinski definition) is 6. The number of aryl methyl sites for hydroxylation is 1. The average molecular weight is 264 g/mol. The van der Waals surface area contributed by atoms with Gasteiger partial charge in [-0.3, -0.25) is 4.79 Å². The molecule has 1 unspecified atom stereocenters. The number of aromatic nitrogens is 2. The van der Waals surface area contributed by atoms with Crippen LogP contribution in [0.5, 0.6) is 0 Å². The van der Waals surface area contributed by atoms with E-state index >= 15 is 0 Å². The van der Waals surface area contributed by atoms with E-state index in [0.717, 1.165) is 11.1 Å². The molecule has 3 heterocycles. The molecule has 0 aromatic carbocycles. The molecule has 1 aliphatic heterocycles. The fraction of sp³-hybridized carbons (Fsp3) is 0.417. The Bertz CT molecular complexity index is 575. The van der Waals surface area contributed by atoms with E-state index in [1.807, 2.05) is 17.7 Å². The predicted molar refractivity (Wildman–Crippen MR) is 65.5 cm³/mol. The minimum absolute atomic E-state index is 0.110.